The predicted molar refractivity (Wildman–Crippen MR) is 79.3 cm³/mol. The molecule has 3 heteroatoms. The summed E-state index contributed by atoms with van der Waals surface area (Å²) in [6, 6.07) is 9.24. The molecule has 0 bridgehead atoms. The molecule has 0 radical (unpaired) electrons. The number of likely N-dealkylation sites (tertiary alicyclic amines) is 1. The summed E-state index contributed by atoms with van der Waals surface area (Å²) in [4.78, 5) is 2.58. The maximum atomic E-state index is 4.57. The second-order valence-corrected chi connectivity index (χ2v) is 5.78. The van der Waals surface area contributed by atoms with Crippen LogP contribution in [0.2, 0.25) is 0 Å². The number of fused-ring (bicyclic) bond motifs is 1. The summed E-state index contributed by atoms with van der Waals surface area (Å²) in [5, 5.41) is 4.57. The Morgan fingerprint density at radius 1 is 1.32 bits per heavy atom. The number of nitrogens with one attached hydrogen (secondary N) is 1. The Morgan fingerprint density at radius 3 is 2.84 bits per heavy atom. The quantitative estimate of drug-likeness (QED) is 0.901. The second kappa shape index (κ2) is 5.33. The normalized spacial score (nSPS) is 26.7. The molecule has 0 aliphatic carbocycles. The van der Waals surface area contributed by atoms with Crippen LogP contribution in [0.4, 0.5) is 0 Å². The standard InChI is InChI=1S/C16H23N3/c1-3-9-19-10-8-15-14(11-19)16(18-17-15)13-6-4-12(2)5-7-13/h4-7,14,16,18H,3,8-11H2,1-2H3. The Morgan fingerprint density at radius 2 is 2.11 bits per heavy atom. The van der Waals surface area contributed by atoms with Crippen molar-refractivity contribution in [2.24, 2.45) is 11.0 Å². The molecule has 2 aliphatic heterocycles. The van der Waals surface area contributed by atoms with Crippen LogP contribution in [0, 0.1) is 12.8 Å². The zero-order chi connectivity index (χ0) is 13.2. The fourth-order valence-corrected chi connectivity index (χ4v) is 3.21. The summed E-state index contributed by atoms with van der Waals surface area (Å²) in [5.74, 6) is 0.558. The van der Waals surface area contributed by atoms with Crippen molar-refractivity contribution in [3.05, 3.63) is 35.4 Å². The lowest BCUT2D eigenvalue weighted by Gasteiger charge is -2.33. The van der Waals surface area contributed by atoms with Gasteiger partial charge in [-0.15, -0.1) is 0 Å². The Bertz CT molecular complexity index is 463. The number of rotatable bonds is 3. The van der Waals surface area contributed by atoms with E-state index < -0.39 is 0 Å². The van der Waals surface area contributed by atoms with Gasteiger partial charge in [0.05, 0.1) is 6.04 Å². The maximum absolute atomic E-state index is 4.57. The lowest BCUT2D eigenvalue weighted by molar-refractivity contribution is 0.228. The van der Waals surface area contributed by atoms with E-state index in [4.69, 9.17) is 0 Å². The Hall–Kier alpha value is -1.35. The molecule has 3 rings (SSSR count). The van der Waals surface area contributed by atoms with Crippen molar-refractivity contribution in [1.29, 1.82) is 0 Å². The largest absolute Gasteiger partial charge is 0.302 e. The summed E-state index contributed by atoms with van der Waals surface area (Å²) in [5.41, 5.74) is 7.42. The third-order valence-corrected chi connectivity index (χ3v) is 4.29. The molecule has 1 fully saturated rings. The summed E-state index contributed by atoms with van der Waals surface area (Å²) >= 11 is 0. The van der Waals surface area contributed by atoms with E-state index in [0.717, 1.165) is 13.0 Å². The number of nitrogens with zero attached hydrogens (tertiary/aromatic N) is 2. The summed E-state index contributed by atoms with van der Waals surface area (Å²) in [7, 11) is 0. The van der Waals surface area contributed by atoms with Crippen LogP contribution < -0.4 is 5.43 Å². The molecule has 19 heavy (non-hydrogen) atoms. The van der Waals surface area contributed by atoms with Crippen molar-refractivity contribution in [2.45, 2.75) is 32.7 Å². The van der Waals surface area contributed by atoms with Gasteiger partial charge < -0.3 is 10.3 Å². The van der Waals surface area contributed by atoms with Gasteiger partial charge in [0.2, 0.25) is 0 Å². The fourth-order valence-electron chi connectivity index (χ4n) is 3.21. The van der Waals surface area contributed by atoms with Gasteiger partial charge in [-0.05, 0) is 25.5 Å². The average molecular weight is 257 g/mol. The maximum Gasteiger partial charge on any atom is 0.0782 e. The monoisotopic (exact) mass is 257 g/mol. The molecular weight excluding hydrogens is 234 g/mol. The third-order valence-electron chi connectivity index (χ3n) is 4.29. The van der Waals surface area contributed by atoms with Crippen LogP contribution in [0.25, 0.3) is 0 Å². The Balaban J connectivity index is 1.76. The smallest absolute Gasteiger partial charge is 0.0782 e. The van der Waals surface area contributed by atoms with Crippen LogP contribution in [0.5, 0.6) is 0 Å². The molecule has 0 spiro atoms. The van der Waals surface area contributed by atoms with Crippen LogP contribution >= 0.6 is 0 Å². The van der Waals surface area contributed by atoms with Crippen molar-refractivity contribution in [3.63, 3.8) is 0 Å². The highest BCUT2D eigenvalue weighted by atomic mass is 15.4. The van der Waals surface area contributed by atoms with Gasteiger partial charge in [0.1, 0.15) is 0 Å². The highest BCUT2D eigenvalue weighted by Crippen LogP contribution is 2.32. The molecule has 1 aromatic rings. The van der Waals surface area contributed by atoms with Crippen LogP contribution in [0.15, 0.2) is 29.4 Å². The van der Waals surface area contributed by atoms with Gasteiger partial charge in [0, 0.05) is 31.1 Å². The molecule has 1 N–H and O–H groups in total. The summed E-state index contributed by atoms with van der Waals surface area (Å²) in [6.07, 6.45) is 2.36. The van der Waals surface area contributed by atoms with Crippen LogP contribution in [0.1, 0.15) is 36.9 Å². The lowest BCUT2D eigenvalue weighted by Crippen LogP contribution is -2.42. The minimum Gasteiger partial charge on any atom is -0.302 e. The molecule has 0 aromatic heterocycles. The first kappa shape index (κ1) is 12.7. The molecule has 0 saturated carbocycles. The van der Waals surface area contributed by atoms with Gasteiger partial charge in [-0.3, -0.25) is 0 Å². The molecule has 0 amide bonds. The lowest BCUT2D eigenvalue weighted by atomic mass is 9.86. The second-order valence-electron chi connectivity index (χ2n) is 5.78. The van der Waals surface area contributed by atoms with Crippen LogP contribution in [-0.4, -0.2) is 30.2 Å². The van der Waals surface area contributed by atoms with Gasteiger partial charge in [0.15, 0.2) is 0 Å². The van der Waals surface area contributed by atoms with Gasteiger partial charge in [-0.1, -0.05) is 36.8 Å². The van der Waals surface area contributed by atoms with Gasteiger partial charge in [-0.25, -0.2) is 0 Å². The average Bonchev–Trinajstić information content (AvgIpc) is 2.83. The molecule has 2 heterocycles. The fraction of sp³-hybridized carbons (Fsp3) is 0.562. The van der Waals surface area contributed by atoms with E-state index in [1.165, 1.54) is 36.3 Å². The number of benzene rings is 1. The topological polar surface area (TPSA) is 27.6 Å². The van der Waals surface area contributed by atoms with Gasteiger partial charge in [-0.2, -0.15) is 5.10 Å². The van der Waals surface area contributed by atoms with E-state index >= 15 is 0 Å². The molecule has 2 aliphatic rings. The van der Waals surface area contributed by atoms with E-state index in [1.54, 1.807) is 0 Å². The highest BCUT2D eigenvalue weighted by molar-refractivity contribution is 5.89. The zero-order valence-electron chi connectivity index (χ0n) is 11.9. The third kappa shape index (κ3) is 2.52. The van der Waals surface area contributed by atoms with Crippen molar-refractivity contribution >= 4 is 5.71 Å². The van der Waals surface area contributed by atoms with Crippen LogP contribution in [-0.2, 0) is 0 Å². The Kier molecular flexibility index (Phi) is 3.56. The minimum atomic E-state index is 0.371. The highest BCUT2D eigenvalue weighted by Gasteiger charge is 2.36. The van der Waals surface area contributed by atoms with E-state index in [2.05, 4.69) is 53.5 Å². The molecule has 102 valence electrons. The van der Waals surface area contributed by atoms with Crippen LogP contribution in [0.3, 0.4) is 0 Å². The number of piperidine rings is 1. The summed E-state index contributed by atoms with van der Waals surface area (Å²) in [6.45, 7) is 7.93. The SMILES string of the molecule is CCCN1CCC2=NNC(c3ccc(C)cc3)C2C1. The number of aryl methyl sites for hydroxylation is 1. The van der Waals surface area contributed by atoms with E-state index in [9.17, 15) is 0 Å². The molecule has 2 unspecified atom stereocenters. The van der Waals surface area contributed by atoms with Crippen molar-refractivity contribution < 1.29 is 0 Å². The first-order valence-corrected chi connectivity index (χ1v) is 7.39. The first-order chi connectivity index (χ1) is 9.28. The van der Waals surface area contributed by atoms with Gasteiger partial charge >= 0.3 is 0 Å². The van der Waals surface area contributed by atoms with Crippen molar-refractivity contribution in [2.75, 3.05) is 19.6 Å². The number of hydrogen-bond donors (Lipinski definition) is 1. The zero-order valence-corrected chi connectivity index (χ0v) is 11.9. The first-order valence-electron chi connectivity index (χ1n) is 7.39. The minimum absolute atomic E-state index is 0.371. The van der Waals surface area contributed by atoms with E-state index in [-0.39, 0.29) is 0 Å². The molecule has 2 atom stereocenters. The predicted octanol–water partition coefficient (Wildman–Crippen LogP) is 2.73. The number of hydrazone groups is 1. The summed E-state index contributed by atoms with van der Waals surface area (Å²) < 4.78 is 0. The molecular formula is C16H23N3. The van der Waals surface area contributed by atoms with Gasteiger partial charge in [0.25, 0.3) is 0 Å². The number of hydrogen-bond acceptors (Lipinski definition) is 3. The Labute approximate surface area is 115 Å². The molecule has 1 aromatic carbocycles. The van der Waals surface area contributed by atoms with E-state index in [1.807, 2.05) is 0 Å². The van der Waals surface area contributed by atoms with Crippen molar-refractivity contribution in [1.82, 2.24) is 10.3 Å². The molecule has 1 saturated heterocycles. The van der Waals surface area contributed by atoms with E-state index in [0.29, 0.717) is 12.0 Å². The molecule has 3 nitrogen and oxygen atoms in total. The van der Waals surface area contributed by atoms with Crippen molar-refractivity contribution in [3.8, 4) is 0 Å².